The van der Waals surface area contributed by atoms with Gasteiger partial charge in [0.15, 0.2) is 0 Å². The molecule has 1 fully saturated rings. The van der Waals surface area contributed by atoms with Gasteiger partial charge in [-0.25, -0.2) is 4.79 Å². The molecule has 0 bridgehead atoms. The number of anilines is 1. The van der Waals surface area contributed by atoms with Crippen LogP contribution in [0.3, 0.4) is 0 Å². The van der Waals surface area contributed by atoms with E-state index in [9.17, 15) is 9.59 Å². The average molecular weight is 293 g/mol. The van der Waals surface area contributed by atoms with Crippen molar-refractivity contribution in [2.45, 2.75) is 32.8 Å². The molecule has 108 valence electrons. The molecule has 5 heteroatoms. The Morgan fingerprint density at radius 2 is 2.25 bits per heavy atom. The summed E-state index contributed by atoms with van der Waals surface area (Å²) in [7, 11) is 0. The van der Waals surface area contributed by atoms with Gasteiger partial charge in [-0.05, 0) is 32.2 Å². The summed E-state index contributed by atoms with van der Waals surface area (Å²) in [6.07, 6.45) is 2.24. The maximum atomic E-state index is 12.2. The molecule has 1 aromatic heterocycles. The van der Waals surface area contributed by atoms with E-state index < -0.39 is 5.60 Å². The summed E-state index contributed by atoms with van der Waals surface area (Å²) in [6, 6.07) is 1.71. The molecule has 0 N–H and O–H groups in total. The van der Waals surface area contributed by atoms with Crippen LogP contribution in [0.25, 0.3) is 0 Å². The molecule has 0 aromatic carbocycles. The molecule has 1 atom stereocenters. The predicted octanol–water partition coefficient (Wildman–Crippen LogP) is 3.24. The van der Waals surface area contributed by atoms with Gasteiger partial charge < -0.3 is 9.64 Å². The monoisotopic (exact) mass is 293 g/mol. The normalized spacial score (nSPS) is 19.2. The number of carbonyl (C=O) groups is 2. The van der Waals surface area contributed by atoms with Crippen molar-refractivity contribution in [3.05, 3.63) is 29.7 Å². The molecule has 0 radical (unpaired) electrons. The molecule has 1 aliphatic heterocycles. The van der Waals surface area contributed by atoms with E-state index in [1.54, 1.807) is 17.0 Å². The van der Waals surface area contributed by atoms with Gasteiger partial charge in [-0.2, -0.15) is 0 Å². The van der Waals surface area contributed by atoms with E-state index >= 15 is 0 Å². The molecule has 2 rings (SSSR count). The van der Waals surface area contributed by atoms with Crippen LogP contribution in [0.15, 0.2) is 24.1 Å². The van der Waals surface area contributed by atoms with Gasteiger partial charge >= 0.3 is 5.97 Å². The van der Waals surface area contributed by atoms with Crippen LogP contribution in [-0.4, -0.2) is 24.0 Å². The van der Waals surface area contributed by atoms with Crippen molar-refractivity contribution >= 4 is 28.2 Å². The SMILES string of the molecule is C=CC1CC(=O)N(c2sccc2C(=O)OC(C)(C)C)C1. The maximum Gasteiger partial charge on any atom is 0.341 e. The zero-order valence-electron chi connectivity index (χ0n) is 12.0. The third-order valence-electron chi connectivity index (χ3n) is 3.00. The number of rotatable bonds is 3. The number of esters is 1. The standard InChI is InChI=1S/C15H19NO3S/c1-5-10-8-12(17)16(9-10)13-11(6-7-20-13)14(18)19-15(2,3)4/h5-7,10H,1,8-9H2,2-4H3. The lowest BCUT2D eigenvalue weighted by Crippen LogP contribution is -2.28. The molecule has 0 spiro atoms. The second kappa shape index (κ2) is 5.40. The third-order valence-corrected chi connectivity index (χ3v) is 3.93. The zero-order chi connectivity index (χ0) is 14.9. The van der Waals surface area contributed by atoms with Crippen molar-refractivity contribution in [1.29, 1.82) is 0 Å². The molecular formula is C15H19NO3S. The molecule has 4 nitrogen and oxygen atoms in total. The summed E-state index contributed by atoms with van der Waals surface area (Å²) in [5, 5.41) is 2.48. The first-order valence-electron chi connectivity index (χ1n) is 6.55. The molecule has 1 aromatic rings. The van der Waals surface area contributed by atoms with Crippen molar-refractivity contribution in [1.82, 2.24) is 0 Å². The van der Waals surface area contributed by atoms with E-state index in [1.807, 2.05) is 26.2 Å². The quantitative estimate of drug-likeness (QED) is 0.635. The fraction of sp³-hybridized carbons (Fsp3) is 0.467. The van der Waals surface area contributed by atoms with Crippen LogP contribution < -0.4 is 4.90 Å². The summed E-state index contributed by atoms with van der Waals surface area (Å²) in [5.74, 6) is -0.207. The number of amides is 1. The van der Waals surface area contributed by atoms with Gasteiger partial charge in [0.1, 0.15) is 10.6 Å². The minimum Gasteiger partial charge on any atom is -0.456 e. The molecule has 1 amide bonds. The van der Waals surface area contributed by atoms with Gasteiger partial charge in [-0.1, -0.05) is 6.08 Å². The number of ether oxygens (including phenoxy) is 1. The summed E-state index contributed by atoms with van der Waals surface area (Å²) in [4.78, 5) is 25.9. The Kier molecular flexibility index (Phi) is 3.99. The van der Waals surface area contributed by atoms with E-state index in [2.05, 4.69) is 6.58 Å². The van der Waals surface area contributed by atoms with Gasteiger partial charge in [0.05, 0.1) is 5.56 Å². The van der Waals surface area contributed by atoms with Crippen LogP contribution in [-0.2, 0) is 9.53 Å². The van der Waals surface area contributed by atoms with Gasteiger partial charge in [0, 0.05) is 18.9 Å². The van der Waals surface area contributed by atoms with Crippen molar-refractivity contribution in [2.24, 2.45) is 5.92 Å². The topological polar surface area (TPSA) is 46.6 Å². The number of hydrogen-bond acceptors (Lipinski definition) is 4. The molecular weight excluding hydrogens is 274 g/mol. The average Bonchev–Trinajstić information content (AvgIpc) is 2.92. The molecule has 0 aliphatic carbocycles. The summed E-state index contributed by atoms with van der Waals surface area (Å²) >= 11 is 1.39. The first-order chi connectivity index (χ1) is 9.31. The number of carbonyl (C=O) groups excluding carboxylic acids is 2. The minimum atomic E-state index is -0.547. The molecule has 1 saturated heterocycles. The zero-order valence-corrected chi connectivity index (χ0v) is 12.8. The number of hydrogen-bond donors (Lipinski definition) is 0. The van der Waals surface area contributed by atoms with Crippen LogP contribution in [0, 0.1) is 5.92 Å². The van der Waals surface area contributed by atoms with Crippen LogP contribution in [0.5, 0.6) is 0 Å². The summed E-state index contributed by atoms with van der Waals surface area (Å²) in [5.41, 5.74) is -0.0856. The lowest BCUT2D eigenvalue weighted by atomic mass is 10.1. The molecule has 1 unspecified atom stereocenters. The lowest BCUT2D eigenvalue weighted by Gasteiger charge is -2.21. The van der Waals surface area contributed by atoms with E-state index in [4.69, 9.17) is 4.74 Å². The highest BCUT2D eigenvalue weighted by atomic mass is 32.1. The fourth-order valence-corrected chi connectivity index (χ4v) is 3.00. The first kappa shape index (κ1) is 14.8. The summed E-state index contributed by atoms with van der Waals surface area (Å²) in [6.45, 7) is 9.79. The Bertz CT molecular complexity index is 542. The van der Waals surface area contributed by atoms with Gasteiger partial charge in [0.2, 0.25) is 5.91 Å². The number of nitrogens with zero attached hydrogens (tertiary/aromatic N) is 1. The van der Waals surface area contributed by atoms with Crippen LogP contribution in [0.4, 0.5) is 5.00 Å². The Hall–Kier alpha value is -1.62. The Balaban J connectivity index is 2.23. The highest BCUT2D eigenvalue weighted by Gasteiger charge is 2.33. The lowest BCUT2D eigenvalue weighted by molar-refractivity contribution is -0.117. The largest absolute Gasteiger partial charge is 0.456 e. The van der Waals surface area contributed by atoms with Crippen LogP contribution >= 0.6 is 11.3 Å². The Morgan fingerprint density at radius 1 is 1.55 bits per heavy atom. The first-order valence-corrected chi connectivity index (χ1v) is 7.43. The van der Waals surface area contributed by atoms with Crippen molar-refractivity contribution < 1.29 is 14.3 Å². The van der Waals surface area contributed by atoms with Crippen molar-refractivity contribution in [2.75, 3.05) is 11.4 Å². The van der Waals surface area contributed by atoms with E-state index in [0.717, 1.165) is 0 Å². The second-order valence-electron chi connectivity index (χ2n) is 5.85. The molecule has 2 heterocycles. The third kappa shape index (κ3) is 3.10. The van der Waals surface area contributed by atoms with Crippen LogP contribution in [0.1, 0.15) is 37.6 Å². The predicted molar refractivity (Wildman–Crippen MR) is 80.1 cm³/mol. The Labute approximate surface area is 123 Å². The molecule has 20 heavy (non-hydrogen) atoms. The van der Waals surface area contributed by atoms with Gasteiger partial charge in [-0.3, -0.25) is 4.79 Å². The second-order valence-corrected chi connectivity index (χ2v) is 6.74. The van der Waals surface area contributed by atoms with E-state index in [0.29, 0.717) is 23.5 Å². The van der Waals surface area contributed by atoms with E-state index in [1.165, 1.54) is 11.3 Å². The molecule has 0 saturated carbocycles. The Morgan fingerprint density at radius 3 is 2.80 bits per heavy atom. The molecule has 1 aliphatic rings. The highest BCUT2D eigenvalue weighted by molar-refractivity contribution is 7.14. The fourth-order valence-electron chi connectivity index (χ4n) is 2.09. The minimum absolute atomic E-state index is 0.0298. The highest BCUT2D eigenvalue weighted by Crippen LogP contribution is 2.34. The van der Waals surface area contributed by atoms with Crippen LogP contribution in [0.2, 0.25) is 0 Å². The number of thiophene rings is 1. The van der Waals surface area contributed by atoms with Crippen molar-refractivity contribution in [3.63, 3.8) is 0 Å². The summed E-state index contributed by atoms with van der Waals surface area (Å²) < 4.78 is 5.38. The van der Waals surface area contributed by atoms with Gasteiger partial charge in [-0.15, -0.1) is 17.9 Å². The van der Waals surface area contributed by atoms with Gasteiger partial charge in [0.25, 0.3) is 0 Å². The van der Waals surface area contributed by atoms with Crippen molar-refractivity contribution in [3.8, 4) is 0 Å². The smallest absolute Gasteiger partial charge is 0.341 e. The maximum absolute atomic E-state index is 12.2. The van der Waals surface area contributed by atoms with E-state index in [-0.39, 0.29) is 17.8 Å².